The molecular formula is C17H19N3O4. The van der Waals surface area contributed by atoms with Crippen molar-refractivity contribution in [2.75, 3.05) is 6.54 Å². The Morgan fingerprint density at radius 3 is 2.42 bits per heavy atom. The Hall–Kier alpha value is -2.96. The number of benzene rings is 1. The molecule has 1 unspecified atom stereocenters. The fourth-order valence-corrected chi connectivity index (χ4v) is 2.48. The van der Waals surface area contributed by atoms with Gasteiger partial charge in [0.1, 0.15) is 11.1 Å². The van der Waals surface area contributed by atoms with E-state index in [0.29, 0.717) is 12.0 Å². The van der Waals surface area contributed by atoms with Crippen LogP contribution in [-0.4, -0.2) is 33.3 Å². The molecular weight excluding hydrogens is 310 g/mol. The number of nitrogens with zero attached hydrogens (tertiary/aromatic N) is 2. The largest absolute Gasteiger partial charge is 0.481 e. The predicted molar refractivity (Wildman–Crippen MR) is 87.9 cm³/mol. The van der Waals surface area contributed by atoms with E-state index in [-0.39, 0.29) is 17.8 Å². The second-order valence-electron chi connectivity index (χ2n) is 5.47. The summed E-state index contributed by atoms with van der Waals surface area (Å²) in [6.07, 6.45) is 0.313. The fraction of sp³-hybridized carbons (Fsp3) is 0.294. The van der Waals surface area contributed by atoms with Gasteiger partial charge in [-0.3, -0.25) is 14.4 Å². The predicted octanol–water partition coefficient (Wildman–Crippen LogP) is 0.943. The zero-order valence-corrected chi connectivity index (χ0v) is 13.5. The number of aliphatic carboxylic acids is 1. The maximum absolute atomic E-state index is 12.2. The van der Waals surface area contributed by atoms with E-state index in [2.05, 4.69) is 10.4 Å². The molecule has 1 amide bonds. The zero-order chi connectivity index (χ0) is 17.7. The summed E-state index contributed by atoms with van der Waals surface area (Å²) in [6.45, 7) is 1.68. The second-order valence-corrected chi connectivity index (χ2v) is 5.47. The molecule has 0 aliphatic heterocycles. The van der Waals surface area contributed by atoms with Crippen LogP contribution in [0, 0.1) is 0 Å². The molecule has 0 saturated heterocycles. The van der Waals surface area contributed by atoms with Gasteiger partial charge in [-0.25, -0.2) is 4.68 Å². The lowest BCUT2D eigenvalue weighted by Gasteiger charge is -2.29. The van der Waals surface area contributed by atoms with Crippen molar-refractivity contribution in [3.8, 4) is 0 Å². The standard InChI is InChI=1S/C17H19N3O4/c1-3-17(16(23)24,12-7-5-4-6-8-12)11-18-15(22)13-9-10-14(21)20(2)19-13/h4-10H,3,11H2,1-2H3,(H,18,22)(H,23,24). The molecule has 0 aliphatic carbocycles. The summed E-state index contributed by atoms with van der Waals surface area (Å²) in [5.74, 6) is -1.54. The van der Waals surface area contributed by atoms with Gasteiger partial charge in [0, 0.05) is 19.7 Å². The van der Waals surface area contributed by atoms with Crippen LogP contribution in [0.1, 0.15) is 29.4 Å². The average Bonchev–Trinajstić information content (AvgIpc) is 2.58. The highest BCUT2D eigenvalue weighted by Crippen LogP contribution is 2.27. The van der Waals surface area contributed by atoms with E-state index in [1.54, 1.807) is 37.3 Å². The van der Waals surface area contributed by atoms with E-state index in [9.17, 15) is 19.5 Å². The van der Waals surface area contributed by atoms with Crippen LogP contribution in [-0.2, 0) is 17.3 Å². The maximum Gasteiger partial charge on any atom is 0.315 e. The number of carboxylic acids is 1. The SMILES string of the molecule is CCC(CNC(=O)c1ccc(=O)n(C)n1)(C(=O)O)c1ccccc1. The molecule has 0 fully saturated rings. The summed E-state index contributed by atoms with van der Waals surface area (Å²) in [6, 6.07) is 11.3. The molecule has 0 spiro atoms. The summed E-state index contributed by atoms with van der Waals surface area (Å²) in [5.41, 5.74) is -0.879. The molecule has 7 nitrogen and oxygen atoms in total. The Labute approximate surface area is 138 Å². The van der Waals surface area contributed by atoms with Crippen LogP contribution in [0.5, 0.6) is 0 Å². The molecule has 1 atom stereocenters. The number of aromatic nitrogens is 2. The van der Waals surface area contributed by atoms with Gasteiger partial charge in [0.25, 0.3) is 11.5 Å². The van der Waals surface area contributed by atoms with Crippen molar-refractivity contribution in [3.63, 3.8) is 0 Å². The number of carboxylic acid groups (broad SMARTS) is 1. The number of carbonyl (C=O) groups is 2. The number of aryl methyl sites for hydroxylation is 1. The number of carbonyl (C=O) groups excluding carboxylic acids is 1. The van der Waals surface area contributed by atoms with Crippen LogP contribution in [0.15, 0.2) is 47.3 Å². The fourth-order valence-electron chi connectivity index (χ4n) is 2.48. The van der Waals surface area contributed by atoms with Gasteiger partial charge >= 0.3 is 5.97 Å². The molecule has 7 heteroatoms. The number of amides is 1. The van der Waals surface area contributed by atoms with E-state index in [4.69, 9.17) is 0 Å². The Morgan fingerprint density at radius 1 is 1.21 bits per heavy atom. The van der Waals surface area contributed by atoms with Crippen LogP contribution in [0.25, 0.3) is 0 Å². The van der Waals surface area contributed by atoms with Crippen molar-refractivity contribution in [1.82, 2.24) is 15.1 Å². The Balaban J connectivity index is 2.25. The third-order valence-electron chi connectivity index (χ3n) is 4.08. The molecule has 1 heterocycles. The molecule has 0 bridgehead atoms. The summed E-state index contributed by atoms with van der Waals surface area (Å²) >= 11 is 0. The van der Waals surface area contributed by atoms with Crippen molar-refractivity contribution in [1.29, 1.82) is 0 Å². The molecule has 2 rings (SSSR count). The normalized spacial score (nSPS) is 13.1. The number of nitrogens with one attached hydrogen (secondary N) is 1. The summed E-state index contributed by atoms with van der Waals surface area (Å²) in [7, 11) is 1.44. The van der Waals surface area contributed by atoms with Gasteiger partial charge in [0.2, 0.25) is 0 Å². The molecule has 126 valence electrons. The van der Waals surface area contributed by atoms with Gasteiger partial charge in [-0.15, -0.1) is 0 Å². The number of rotatable bonds is 6. The smallest absolute Gasteiger partial charge is 0.315 e. The third kappa shape index (κ3) is 3.34. The molecule has 2 N–H and O–H groups in total. The third-order valence-corrected chi connectivity index (χ3v) is 4.08. The Kier molecular flexibility index (Phi) is 5.13. The lowest BCUT2D eigenvalue weighted by molar-refractivity contribution is -0.143. The van der Waals surface area contributed by atoms with Crippen LogP contribution >= 0.6 is 0 Å². The highest BCUT2D eigenvalue weighted by atomic mass is 16.4. The van der Waals surface area contributed by atoms with E-state index in [1.807, 2.05) is 0 Å². The van der Waals surface area contributed by atoms with Crippen molar-refractivity contribution in [2.24, 2.45) is 7.05 Å². The van der Waals surface area contributed by atoms with Crippen LogP contribution in [0.3, 0.4) is 0 Å². The topological polar surface area (TPSA) is 101 Å². The number of hydrogen-bond donors (Lipinski definition) is 2. The van der Waals surface area contributed by atoms with Gasteiger partial charge in [-0.2, -0.15) is 5.10 Å². The van der Waals surface area contributed by atoms with Gasteiger partial charge in [-0.05, 0) is 18.1 Å². The lowest BCUT2D eigenvalue weighted by Crippen LogP contribution is -2.46. The van der Waals surface area contributed by atoms with Crippen molar-refractivity contribution in [3.05, 3.63) is 64.1 Å². The summed E-state index contributed by atoms with van der Waals surface area (Å²) in [5, 5.41) is 16.2. The first-order valence-corrected chi connectivity index (χ1v) is 7.52. The van der Waals surface area contributed by atoms with Crippen LogP contribution in [0.2, 0.25) is 0 Å². The minimum atomic E-state index is -1.22. The van der Waals surface area contributed by atoms with Crippen molar-refractivity contribution in [2.45, 2.75) is 18.8 Å². The van der Waals surface area contributed by atoms with Gasteiger partial charge in [0.15, 0.2) is 0 Å². The highest BCUT2D eigenvalue weighted by molar-refractivity contribution is 5.93. The van der Waals surface area contributed by atoms with E-state index in [0.717, 1.165) is 4.68 Å². The zero-order valence-electron chi connectivity index (χ0n) is 13.5. The molecule has 1 aromatic heterocycles. The average molecular weight is 329 g/mol. The molecule has 0 radical (unpaired) electrons. The molecule has 2 aromatic rings. The minimum Gasteiger partial charge on any atom is -0.481 e. The van der Waals surface area contributed by atoms with Crippen molar-refractivity contribution < 1.29 is 14.7 Å². The first kappa shape index (κ1) is 17.4. The Morgan fingerprint density at radius 2 is 1.88 bits per heavy atom. The molecule has 0 aliphatic rings. The monoisotopic (exact) mass is 329 g/mol. The molecule has 0 saturated carbocycles. The summed E-state index contributed by atoms with van der Waals surface area (Å²) < 4.78 is 1.05. The van der Waals surface area contributed by atoms with E-state index < -0.39 is 17.3 Å². The Bertz CT molecular complexity index is 801. The second kappa shape index (κ2) is 7.08. The quantitative estimate of drug-likeness (QED) is 0.821. The first-order chi connectivity index (χ1) is 11.4. The highest BCUT2D eigenvalue weighted by Gasteiger charge is 2.39. The molecule has 1 aromatic carbocycles. The number of hydrogen-bond acceptors (Lipinski definition) is 4. The molecule has 24 heavy (non-hydrogen) atoms. The van der Waals surface area contributed by atoms with E-state index in [1.165, 1.54) is 19.2 Å². The maximum atomic E-state index is 12.2. The first-order valence-electron chi connectivity index (χ1n) is 7.52. The lowest BCUT2D eigenvalue weighted by atomic mass is 9.78. The summed E-state index contributed by atoms with van der Waals surface area (Å²) in [4.78, 5) is 35.5. The minimum absolute atomic E-state index is 0.0561. The van der Waals surface area contributed by atoms with Gasteiger partial charge in [-0.1, -0.05) is 37.3 Å². The van der Waals surface area contributed by atoms with Gasteiger partial charge in [0.05, 0.1) is 0 Å². The van der Waals surface area contributed by atoms with Crippen LogP contribution < -0.4 is 10.9 Å². The van der Waals surface area contributed by atoms with E-state index >= 15 is 0 Å². The van der Waals surface area contributed by atoms with Gasteiger partial charge < -0.3 is 10.4 Å². The van der Waals surface area contributed by atoms with Crippen LogP contribution in [0.4, 0.5) is 0 Å². The van der Waals surface area contributed by atoms with Crippen molar-refractivity contribution >= 4 is 11.9 Å².